The number of nitrogens with one attached hydrogen (secondary N) is 1. The molecule has 1 aliphatic carbocycles. The lowest BCUT2D eigenvalue weighted by atomic mass is 10.2. The number of rotatable bonds is 5. The summed E-state index contributed by atoms with van der Waals surface area (Å²) in [6, 6.07) is 10.0. The Hall–Kier alpha value is -1.75. The number of ether oxygens (including phenoxy) is 1. The van der Waals surface area contributed by atoms with E-state index in [0.717, 1.165) is 28.6 Å². The van der Waals surface area contributed by atoms with E-state index in [-0.39, 0.29) is 5.91 Å². The molecule has 0 aliphatic heterocycles. The molecule has 2 aromatic rings. The lowest BCUT2D eigenvalue weighted by Crippen LogP contribution is -2.25. The number of para-hydroxylation sites is 1. The van der Waals surface area contributed by atoms with Crippen LogP contribution in [0, 0.1) is 0 Å². The quantitative estimate of drug-likeness (QED) is 0.898. The highest BCUT2D eigenvalue weighted by atomic mass is 79.9. The highest BCUT2D eigenvalue weighted by Gasteiger charge is 2.27. The maximum absolute atomic E-state index is 12.4. The second-order valence-electron chi connectivity index (χ2n) is 5.18. The number of benzene rings is 1. The molecule has 1 heterocycles. The van der Waals surface area contributed by atoms with E-state index in [1.807, 2.05) is 36.5 Å². The van der Waals surface area contributed by atoms with Crippen molar-refractivity contribution in [3.63, 3.8) is 0 Å². The summed E-state index contributed by atoms with van der Waals surface area (Å²) in [6.45, 7) is 0.455. The van der Waals surface area contributed by atoms with Crippen LogP contribution in [0.15, 0.2) is 41.0 Å². The zero-order valence-corrected chi connectivity index (χ0v) is 13.4. The molecule has 0 unspecified atom stereocenters. The van der Waals surface area contributed by atoms with Gasteiger partial charge < -0.3 is 14.6 Å². The molecule has 1 fully saturated rings. The number of methoxy groups -OCH3 is 1. The van der Waals surface area contributed by atoms with Gasteiger partial charge in [-0.05, 0) is 40.9 Å². The molecule has 3 rings (SSSR count). The van der Waals surface area contributed by atoms with Crippen LogP contribution in [0.25, 0.3) is 0 Å². The average molecular weight is 349 g/mol. The number of amides is 1. The summed E-state index contributed by atoms with van der Waals surface area (Å²) in [5.74, 6) is 0.732. The molecule has 1 aliphatic rings. The van der Waals surface area contributed by atoms with Gasteiger partial charge in [0.2, 0.25) is 0 Å². The molecule has 1 N–H and O–H groups in total. The Morgan fingerprint density at radius 3 is 2.90 bits per heavy atom. The Bertz CT molecular complexity index is 662. The number of carbonyl (C=O) groups is 1. The molecule has 1 saturated carbocycles. The summed E-state index contributed by atoms with van der Waals surface area (Å²) < 4.78 is 8.29. The number of nitrogens with zero attached hydrogens (tertiary/aromatic N) is 1. The fourth-order valence-corrected chi connectivity index (χ4v) is 2.83. The lowest BCUT2D eigenvalue weighted by Gasteiger charge is -2.11. The van der Waals surface area contributed by atoms with E-state index in [0.29, 0.717) is 18.3 Å². The van der Waals surface area contributed by atoms with E-state index < -0.39 is 0 Å². The molecule has 1 aromatic heterocycles. The summed E-state index contributed by atoms with van der Waals surface area (Å²) in [5, 5.41) is 2.97. The third-order valence-corrected chi connectivity index (χ3v) is 4.05. The van der Waals surface area contributed by atoms with E-state index in [1.165, 1.54) is 0 Å². The van der Waals surface area contributed by atoms with Crippen molar-refractivity contribution in [3.8, 4) is 5.75 Å². The first-order valence-electron chi connectivity index (χ1n) is 6.96. The minimum absolute atomic E-state index is 0.0569. The van der Waals surface area contributed by atoms with Crippen molar-refractivity contribution < 1.29 is 9.53 Å². The van der Waals surface area contributed by atoms with Crippen molar-refractivity contribution in [2.24, 2.45) is 0 Å². The second-order valence-corrected chi connectivity index (χ2v) is 6.09. The summed E-state index contributed by atoms with van der Waals surface area (Å²) in [6.07, 6.45) is 4.28. The van der Waals surface area contributed by atoms with Gasteiger partial charge in [0.25, 0.3) is 5.91 Å². The van der Waals surface area contributed by atoms with Crippen molar-refractivity contribution in [1.82, 2.24) is 9.88 Å². The van der Waals surface area contributed by atoms with Gasteiger partial charge >= 0.3 is 0 Å². The summed E-state index contributed by atoms with van der Waals surface area (Å²) in [5.41, 5.74) is 1.68. The minimum Gasteiger partial charge on any atom is -0.496 e. The summed E-state index contributed by atoms with van der Waals surface area (Å²) in [4.78, 5) is 12.4. The van der Waals surface area contributed by atoms with Crippen LogP contribution < -0.4 is 10.1 Å². The Morgan fingerprint density at radius 2 is 2.19 bits per heavy atom. The maximum Gasteiger partial charge on any atom is 0.268 e. The Kier molecular flexibility index (Phi) is 4.01. The van der Waals surface area contributed by atoms with E-state index in [9.17, 15) is 4.79 Å². The molecule has 1 aromatic carbocycles. The van der Waals surface area contributed by atoms with Crippen molar-refractivity contribution in [1.29, 1.82) is 0 Å². The first-order chi connectivity index (χ1) is 10.2. The zero-order valence-electron chi connectivity index (χ0n) is 11.8. The number of halogens is 1. The molecule has 1 amide bonds. The van der Waals surface area contributed by atoms with Gasteiger partial charge in [-0.3, -0.25) is 4.79 Å². The van der Waals surface area contributed by atoms with Gasteiger partial charge in [-0.1, -0.05) is 18.2 Å². The molecule has 0 atom stereocenters. The van der Waals surface area contributed by atoms with Gasteiger partial charge in [0, 0.05) is 28.8 Å². The van der Waals surface area contributed by atoms with Gasteiger partial charge in [0.1, 0.15) is 11.4 Å². The van der Waals surface area contributed by atoms with Crippen LogP contribution in [0.5, 0.6) is 5.75 Å². The number of aromatic nitrogens is 1. The van der Waals surface area contributed by atoms with Crippen molar-refractivity contribution in [2.75, 3.05) is 7.11 Å². The van der Waals surface area contributed by atoms with Gasteiger partial charge in [-0.25, -0.2) is 0 Å². The zero-order chi connectivity index (χ0) is 14.8. The van der Waals surface area contributed by atoms with Crippen LogP contribution in [0.1, 0.15) is 34.9 Å². The van der Waals surface area contributed by atoms with Crippen molar-refractivity contribution in [2.45, 2.75) is 25.4 Å². The largest absolute Gasteiger partial charge is 0.496 e. The standard InChI is InChI=1S/C16H17BrN2O2/c1-21-15-5-3-2-4-11(15)9-18-16(20)14-8-12(17)10-19(14)13-6-7-13/h2-5,8,10,13H,6-7,9H2,1H3,(H,18,20). The summed E-state index contributed by atoms with van der Waals surface area (Å²) in [7, 11) is 1.63. The fourth-order valence-electron chi connectivity index (χ4n) is 2.40. The smallest absolute Gasteiger partial charge is 0.268 e. The van der Waals surface area contributed by atoms with Gasteiger partial charge in [0.15, 0.2) is 0 Å². The molecule has 5 heteroatoms. The van der Waals surface area contributed by atoms with Crippen molar-refractivity contribution >= 4 is 21.8 Å². The van der Waals surface area contributed by atoms with E-state index in [1.54, 1.807) is 7.11 Å². The number of hydrogen-bond donors (Lipinski definition) is 1. The highest BCUT2D eigenvalue weighted by Crippen LogP contribution is 2.37. The van der Waals surface area contributed by atoms with Crippen LogP contribution in [-0.4, -0.2) is 17.6 Å². The Morgan fingerprint density at radius 1 is 1.43 bits per heavy atom. The number of carbonyl (C=O) groups excluding carboxylic acids is 1. The minimum atomic E-state index is -0.0569. The first kappa shape index (κ1) is 14.2. The molecule has 0 saturated heterocycles. The first-order valence-corrected chi connectivity index (χ1v) is 7.76. The Labute approximate surface area is 132 Å². The topological polar surface area (TPSA) is 43.3 Å². The molecular weight excluding hydrogens is 332 g/mol. The SMILES string of the molecule is COc1ccccc1CNC(=O)c1cc(Br)cn1C1CC1. The monoisotopic (exact) mass is 348 g/mol. The number of hydrogen-bond acceptors (Lipinski definition) is 2. The molecule has 110 valence electrons. The van der Waals surface area contributed by atoms with Crippen LogP contribution in [0.2, 0.25) is 0 Å². The van der Waals surface area contributed by atoms with E-state index >= 15 is 0 Å². The van der Waals surface area contributed by atoms with E-state index in [2.05, 4.69) is 25.8 Å². The molecule has 0 spiro atoms. The maximum atomic E-state index is 12.4. The highest BCUT2D eigenvalue weighted by molar-refractivity contribution is 9.10. The predicted octanol–water partition coefficient (Wildman–Crippen LogP) is 3.52. The van der Waals surface area contributed by atoms with Gasteiger partial charge in [-0.15, -0.1) is 0 Å². The molecule has 21 heavy (non-hydrogen) atoms. The lowest BCUT2D eigenvalue weighted by molar-refractivity contribution is 0.0941. The molecule has 0 radical (unpaired) electrons. The predicted molar refractivity (Wildman–Crippen MR) is 84.6 cm³/mol. The third-order valence-electron chi connectivity index (χ3n) is 3.62. The van der Waals surface area contributed by atoms with Gasteiger partial charge in [-0.2, -0.15) is 0 Å². The van der Waals surface area contributed by atoms with Crippen molar-refractivity contribution in [3.05, 3.63) is 52.3 Å². The van der Waals surface area contributed by atoms with Crippen LogP contribution >= 0.6 is 15.9 Å². The molecular formula is C16H17BrN2O2. The molecule has 4 nitrogen and oxygen atoms in total. The van der Waals surface area contributed by atoms with Crippen LogP contribution in [0.3, 0.4) is 0 Å². The van der Waals surface area contributed by atoms with Crippen LogP contribution in [0.4, 0.5) is 0 Å². The fraction of sp³-hybridized carbons (Fsp3) is 0.312. The summed E-state index contributed by atoms with van der Waals surface area (Å²) >= 11 is 3.45. The van der Waals surface area contributed by atoms with E-state index in [4.69, 9.17) is 4.74 Å². The van der Waals surface area contributed by atoms with Gasteiger partial charge in [0.05, 0.1) is 7.11 Å². The second kappa shape index (κ2) is 5.93. The normalized spacial score (nSPS) is 14.0. The Balaban J connectivity index is 1.72. The third kappa shape index (κ3) is 3.13. The molecule has 0 bridgehead atoms. The van der Waals surface area contributed by atoms with Crippen LogP contribution in [-0.2, 0) is 6.54 Å². The average Bonchev–Trinajstić information content (AvgIpc) is 3.27.